The number of carbonyl (C=O) groups excluding carboxylic acids is 2. The van der Waals surface area contributed by atoms with Crippen molar-refractivity contribution >= 4 is 17.5 Å². The summed E-state index contributed by atoms with van der Waals surface area (Å²) < 4.78 is 28.5. The highest BCUT2D eigenvalue weighted by Gasteiger charge is 2.35. The summed E-state index contributed by atoms with van der Waals surface area (Å²) in [5.41, 5.74) is 0.938. The Labute approximate surface area is 165 Å². The fourth-order valence-corrected chi connectivity index (χ4v) is 3.26. The SMILES string of the molecule is O=C(NCc1ccnc(-n2cccn2)c1)C1CC(=O)N(c2cc(F)cc(F)c2)C1. The lowest BCUT2D eigenvalue weighted by atomic mass is 10.1. The van der Waals surface area contributed by atoms with E-state index in [1.54, 1.807) is 41.5 Å². The van der Waals surface area contributed by atoms with E-state index in [9.17, 15) is 18.4 Å². The number of carbonyl (C=O) groups is 2. The van der Waals surface area contributed by atoms with E-state index in [1.807, 2.05) is 0 Å². The Morgan fingerprint density at radius 3 is 2.69 bits per heavy atom. The van der Waals surface area contributed by atoms with E-state index in [0.29, 0.717) is 5.82 Å². The molecule has 7 nitrogen and oxygen atoms in total. The molecule has 2 amide bonds. The lowest BCUT2D eigenvalue weighted by Gasteiger charge is -2.17. The summed E-state index contributed by atoms with van der Waals surface area (Å²) in [6.45, 7) is 0.331. The van der Waals surface area contributed by atoms with Gasteiger partial charge in [0.05, 0.1) is 5.92 Å². The van der Waals surface area contributed by atoms with Crippen LogP contribution in [0.25, 0.3) is 5.82 Å². The van der Waals surface area contributed by atoms with E-state index in [2.05, 4.69) is 15.4 Å². The van der Waals surface area contributed by atoms with Crippen molar-refractivity contribution in [1.82, 2.24) is 20.1 Å². The summed E-state index contributed by atoms with van der Waals surface area (Å²) in [5, 5.41) is 6.92. The molecule has 0 aliphatic carbocycles. The maximum Gasteiger partial charge on any atom is 0.227 e. The molecule has 0 spiro atoms. The molecule has 1 aliphatic rings. The van der Waals surface area contributed by atoms with Gasteiger partial charge in [0, 0.05) is 49.9 Å². The molecule has 1 fully saturated rings. The van der Waals surface area contributed by atoms with Crippen LogP contribution < -0.4 is 10.2 Å². The van der Waals surface area contributed by atoms with Crippen molar-refractivity contribution in [2.24, 2.45) is 5.92 Å². The molecular weight excluding hydrogens is 380 g/mol. The molecule has 9 heteroatoms. The van der Waals surface area contributed by atoms with E-state index < -0.39 is 17.6 Å². The minimum absolute atomic E-state index is 0.0150. The second-order valence-corrected chi connectivity index (χ2v) is 6.72. The van der Waals surface area contributed by atoms with E-state index in [-0.39, 0.29) is 37.0 Å². The van der Waals surface area contributed by atoms with Crippen LogP contribution in [0.5, 0.6) is 0 Å². The first kappa shape index (κ1) is 18.7. The minimum atomic E-state index is -0.772. The number of halogens is 2. The fraction of sp³-hybridized carbons (Fsp3) is 0.200. The van der Waals surface area contributed by atoms with E-state index in [1.165, 1.54) is 4.90 Å². The summed E-state index contributed by atoms with van der Waals surface area (Å²) in [6.07, 6.45) is 5.01. The second kappa shape index (κ2) is 7.78. The molecule has 0 radical (unpaired) electrons. The number of hydrogen-bond donors (Lipinski definition) is 1. The van der Waals surface area contributed by atoms with E-state index >= 15 is 0 Å². The van der Waals surface area contributed by atoms with Crippen LogP contribution in [0.1, 0.15) is 12.0 Å². The van der Waals surface area contributed by atoms with Crippen molar-refractivity contribution in [3.63, 3.8) is 0 Å². The number of nitrogens with zero attached hydrogens (tertiary/aromatic N) is 4. The Morgan fingerprint density at radius 2 is 1.97 bits per heavy atom. The Hall–Kier alpha value is -3.62. The lowest BCUT2D eigenvalue weighted by Crippen LogP contribution is -2.32. The molecule has 2 aromatic heterocycles. The Kier molecular flexibility index (Phi) is 5.03. The third-order valence-corrected chi connectivity index (χ3v) is 4.67. The van der Waals surface area contributed by atoms with Gasteiger partial charge in [0.2, 0.25) is 11.8 Å². The van der Waals surface area contributed by atoms with Gasteiger partial charge in [-0.2, -0.15) is 5.10 Å². The Morgan fingerprint density at radius 1 is 1.17 bits per heavy atom. The van der Waals surface area contributed by atoms with E-state index in [0.717, 1.165) is 23.8 Å². The molecule has 29 heavy (non-hydrogen) atoms. The predicted octanol–water partition coefficient (Wildman–Crippen LogP) is 2.21. The van der Waals surface area contributed by atoms with Gasteiger partial charge >= 0.3 is 0 Å². The van der Waals surface area contributed by atoms with Gasteiger partial charge in [-0.3, -0.25) is 9.59 Å². The van der Waals surface area contributed by atoms with Gasteiger partial charge in [0.1, 0.15) is 11.6 Å². The van der Waals surface area contributed by atoms with Crippen molar-refractivity contribution in [3.05, 3.63) is 72.2 Å². The number of amides is 2. The van der Waals surface area contributed by atoms with Crippen LogP contribution in [-0.2, 0) is 16.1 Å². The third kappa shape index (κ3) is 4.13. The summed E-state index contributed by atoms with van der Waals surface area (Å²) in [5.74, 6) is -2.16. The summed E-state index contributed by atoms with van der Waals surface area (Å²) in [7, 11) is 0. The standard InChI is InChI=1S/C20H17F2N5O2/c21-15-8-16(22)10-17(9-15)26-12-14(7-19(26)28)20(29)24-11-13-2-4-23-18(6-13)27-5-1-3-25-27/h1-6,8-10,14H,7,11-12H2,(H,24,29). The Balaban J connectivity index is 1.39. The number of rotatable bonds is 5. The first-order valence-corrected chi connectivity index (χ1v) is 8.99. The lowest BCUT2D eigenvalue weighted by molar-refractivity contribution is -0.126. The summed E-state index contributed by atoms with van der Waals surface area (Å²) >= 11 is 0. The monoisotopic (exact) mass is 397 g/mol. The van der Waals surface area contributed by atoms with Crippen molar-refractivity contribution in [2.45, 2.75) is 13.0 Å². The average Bonchev–Trinajstić information content (AvgIpc) is 3.35. The number of benzene rings is 1. The Bertz CT molecular complexity index is 1030. The number of aromatic nitrogens is 3. The molecule has 0 saturated carbocycles. The van der Waals surface area contributed by atoms with Crippen LogP contribution in [0.4, 0.5) is 14.5 Å². The zero-order chi connectivity index (χ0) is 20.4. The quantitative estimate of drug-likeness (QED) is 0.716. The number of hydrogen-bond acceptors (Lipinski definition) is 4. The molecule has 4 rings (SSSR count). The summed E-state index contributed by atoms with van der Waals surface area (Å²) in [4.78, 5) is 30.2. The van der Waals surface area contributed by atoms with Crippen LogP contribution in [0.15, 0.2) is 55.0 Å². The van der Waals surface area contributed by atoms with Crippen molar-refractivity contribution in [2.75, 3.05) is 11.4 Å². The van der Waals surface area contributed by atoms with Crippen LogP contribution in [0.3, 0.4) is 0 Å². The van der Waals surface area contributed by atoms with E-state index in [4.69, 9.17) is 0 Å². The van der Waals surface area contributed by atoms with Crippen molar-refractivity contribution < 1.29 is 18.4 Å². The highest BCUT2D eigenvalue weighted by molar-refractivity contribution is 6.00. The van der Waals surface area contributed by atoms with Gasteiger partial charge in [-0.1, -0.05) is 0 Å². The van der Waals surface area contributed by atoms with Crippen molar-refractivity contribution in [1.29, 1.82) is 0 Å². The first-order valence-electron chi connectivity index (χ1n) is 8.99. The molecule has 0 bridgehead atoms. The number of pyridine rings is 1. The first-order chi connectivity index (χ1) is 14.0. The van der Waals surface area contributed by atoms with Gasteiger partial charge in [-0.25, -0.2) is 18.4 Å². The topological polar surface area (TPSA) is 80.1 Å². The van der Waals surface area contributed by atoms with Gasteiger partial charge in [0.25, 0.3) is 0 Å². The van der Waals surface area contributed by atoms with Gasteiger partial charge in [0.15, 0.2) is 5.82 Å². The molecular formula is C20H17F2N5O2. The number of nitrogens with one attached hydrogen (secondary N) is 1. The van der Waals surface area contributed by atoms with Gasteiger partial charge < -0.3 is 10.2 Å². The maximum atomic E-state index is 13.4. The van der Waals surface area contributed by atoms with Crippen LogP contribution in [-0.4, -0.2) is 33.1 Å². The minimum Gasteiger partial charge on any atom is -0.352 e. The maximum absolute atomic E-state index is 13.4. The third-order valence-electron chi connectivity index (χ3n) is 4.67. The molecule has 1 atom stereocenters. The highest BCUT2D eigenvalue weighted by atomic mass is 19.1. The van der Waals surface area contributed by atoms with Crippen LogP contribution in [0, 0.1) is 17.6 Å². The zero-order valence-electron chi connectivity index (χ0n) is 15.3. The summed E-state index contributed by atoms with van der Waals surface area (Å²) in [6, 6.07) is 8.25. The van der Waals surface area contributed by atoms with Crippen molar-refractivity contribution in [3.8, 4) is 5.82 Å². The fourth-order valence-electron chi connectivity index (χ4n) is 3.26. The second-order valence-electron chi connectivity index (χ2n) is 6.72. The smallest absolute Gasteiger partial charge is 0.227 e. The van der Waals surface area contributed by atoms with Gasteiger partial charge in [-0.15, -0.1) is 0 Å². The molecule has 1 aromatic carbocycles. The largest absolute Gasteiger partial charge is 0.352 e. The average molecular weight is 397 g/mol. The van der Waals surface area contributed by atoms with Gasteiger partial charge in [-0.05, 0) is 35.9 Å². The molecule has 1 saturated heterocycles. The van der Waals surface area contributed by atoms with Crippen LogP contribution >= 0.6 is 0 Å². The number of anilines is 1. The molecule has 1 aliphatic heterocycles. The molecule has 3 heterocycles. The molecule has 148 valence electrons. The van der Waals surface area contributed by atoms with Crippen LogP contribution in [0.2, 0.25) is 0 Å². The highest BCUT2D eigenvalue weighted by Crippen LogP contribution is 2.26. The predicted molar refractivity (Wildman–Crippen MR) is 100 cm³/mol. The molecule has 1 N–H and O–H groups in total. The molecule has 3 aromatic rings. The molecule has 1 unspecified atom stereocenters. The zero-order valence-corrected chi connectivity index (χ0v) is 15.3. The normalized spacial score (nSPS) is 16.3.